The summed E-state index contributed by atoms with van der Waals surface area (Å²) < 4.78 is 14.7. The van der Waals surface area contributed by atoms with E-state index < -0.39 is 0 Å². The lowest BCUT2D eigenvalue weighted by atomic mass is 10.1. The Morgan fingerprint density at radius 2 is 1.81 bits per heavy atom. The lowest BCUT2D eigenvalue weighted by molar-refractivity contribution is 0.425. The first-order chi connectivity index (χ1) is 22.9. The number of fused-ring (bicyclic) bond motifs is 2. The summed E-state index contributed by atoms with van der Waals surface area (Å²) in [5, 5.41) is 14.5. The highest BCUT2D eigenvalue weighted by molar-refractivity contribution is 5.95. The number of hydrogen-bond acceptors (Lipinski definition) is 7. The van der Waals surface area contributed by atoms with Crippen molar-refractivity contribution in [2.75, 3.05) is 39.0 Å². The van der Waals surface area contributed by atoms with Crippen molar-refractivity contribution in [3.8, 4) is 22.8 Å². The average Bonchev–Trinajstić information content (AvgIpc) is 3.70. The van der Waals surface area contributed by atoms with E-state index in [0.717, 1.165) is 41.0 Å². The molecule has 0 saturated carbocycles. The van der Waals surface area contributed by atoms with Crippen LogP contribution in [-0.4, -0.2) is 68.8 Å². The van der Waals surface area contributed by atoms with Gasteiger partial charge in [-0.3, -0.25) is 10.1 Å². The zero-order valence-corrected chi connectivity index (χ0v) is 26.8. The molecule has 0 atom stereocenters. The van der Waals surface area contributed by atoms with Gasteiger partial charge in [0.1, 0.15) is 16.9 Å². The van der Waals surface area contributed by atoms with Crippen LogP contribution in [-0.2, 0) is 6.54 Å². The quantitative estimate of drug-likeness (QED) is 0.102. The SMILES string of the molecule is C=C/C(=C\C(=C/C)c1ccc2[nH]nc(-c3nc4c(-c5cc(F)cc(NCCN(C)C)c5)nccc4[nH]3)c2n1)CNCc1ccccc1. The highest BCUT2D eigenvalue weighted by Gasteiger charge is 2.18. The van der Waals surface area contributed by atoms with Gasteiger partial charge in [-0.1, -0.05) is 49.1 Å². The topological polar surface area (TPSA) is 110 Å². The van der Waals surface area contributed by atoms with E-state index in [0.29, 0.717) is 52.6 Å². The van der Waals surface area contributed by atoms with Crippen molar-refractivity contribution in [2.24, 2.45) is 0 Å². The van der Waals surface area contributed by atoms with Crippen LogP contribution in [0.25, 0.3) is 50.4 Å². The number of rotatable bonds is 13. The molecule has 0 aliphatic carbocycles. The molecule has 0 radical (unpaired) electrons. The molecule has 4 N–H and O–H groups in total. The van der Waals surface area contributed by atoms with Crippen LogP contribution in [0.2, 0.25) is 0 Å². The maximum absolute atomic E-state index is 14.7. The summed E-state index contributed by atoms with van der Waals surface area (Å²) in [5.41, 5.74) is 9.38. The summed E-state index contributed by atoms with van der Waals surface area (Å²) in [6.07, 6.45) is 7.70. The normalized spacial score (nSPS) is 12.4. The molecule has 0 bridgehead atoms. The Labute approximate surface area is 273 Å². The largest absolute Gasteiger partial charge is 0.384 e. The summed E-state index contributed by atoms with van der Waals surface area (Å²) in [6.45, 7) is 8.97. The number of halogens is 1. The molecule has 0 saturated heterocycles. The minimum atomic E-state index is -0.347. The maximum Gasteiger partial charge on any atom is 0.161 e. The second-order valence-electron chi connectivity index (χ2n) is 11.5. The highest BCUT2D eigenvalue weighted by atomic mass is 19.1. The predicted octanol–water partition coefficient (Wildman–Crippen LogP) is 6.98. The van der Waals surface area contributed by atoms with E-state index in [2.05, 4.69) is 60.5 Å². The molecule has 10 heteroatoms. The summed E-state index contributed by atoms with van der Waals surface area (Å²) in [4.78, 5) is 20.0. The van der Waals surface area contributed by atoms with E-state index in [9.17, 15) is 4.39 Å². The monoisotopic (exact) mass is 627 g/mol. The molecule has 4 aromatic heterocycles. The number of aromatic amines is 2. The second-order valence-corrected chi connectivity index (χ2v) is 11.5. The van der Waals surface area contributed by atoms with Gasteiger partial charge < -0.3 is 20.5 Å². The van der Waals surface area contributed by atoms with Crippen molar-refractivity contribution in [1.29, 1.82) is 0 Å². The Morgan fingerprint density at radius 3 is 2.60 bits per heavy atom. The van der Waals surface area contributed by atoms with Gasteiger partial charge in [0.15, 0.2) is 11.5 Å². The lowest BCUT2D eigenvalue weighted by Gasteiger charge is -2.12. The van der Waals surface area contributed by atoms with Crippen LogP contribution in [0.15, 0.2) is 103 Å². The number of H-pyrrole nitrogens is 2. The number of pyridine rings is 2. The number of aromatic nitrogens is 6. The smallest absolute Gasteiger partial charge is 0.161 e. The van der Waals surface area contributed by atoms with Gasteiger partial charge in [-0.15, -0.1) is 0 Å². The van der Waals surface area contributed by atoms with Gasteiger partial charge in [0.2, 0.25) is 0 Å². The number of nitrogens with one attached hydrogen (secondary N) is 4. The maximum atomic E-state index is 14.7. The van der Waals surface area contributed by atoms with E-state index in [1.807, 2.05) is 75.6 Å². The third-order valence-corrected chi connectivity index (χ3v) is 7.80. The molecular weight excluding hydrogens is 589 g/mol. The lowest BCUT2D eigenvalue weighted by Crippen LogP contribution is -2.20. The zero-order chi connectivity index (χ0) is 32.8. The Kier molecular flexibility index (Phi) is 9.61. The Hall–Kier alpha value is -5.45. The molecule has 4 heterocycles. The standard InChI is InChI=1S/C37H38FN9/c1-5-24(22-39-23-25-10-8-7-9-11-25)18-26(6-2)30-12-13-32-35(42-30)36(46-45-32)37-43-31-14-15-41-33(34(31)44-37)27-19-28(38)21-29(20-27)40-16-17-47(3)4/h5-15,18-21,39-40H,1,16-17,22-23H2,2-4H3,(H,43,44)(H,45,46)/b24-18+,26-6+. The average molecular weight is 628 g/mol. The van der Waals surface area contributed by atoms with Crippen LogP contribution in [0, 0.1) is 5.82 Å². The molecular formula is C37H38FN9. The van der Waals surface area contributed by atoms with E-state index >= 15 is 0 Å². The van der Waals surface area contributed by atoms with Crippen molar-refractivity contribution >= 4 is 33.3 Å². The number of likely N-dealkylation sites (N-methyl/N-ethyl adjacent to an activating group) is 1. The van der Waals surface area contributed by atoms with E-state index in [4.69, 9.17) is 9.97 Å². The molecule has 238 valence electrons. The van der Waals surface area contributed by atoms with Gasteiger partial charge in [-0.25, -0.2) is 14.4 Å². The molecule has 47 heavy (non-hydrogen) atoms. The third kappa shape index (κ3) is 7.35. The van der Waals surface area contributed by atoms with Crippen LogP contribution in [0.1, 0.15) is 18.2 Å². The van der Waals surface area contributed by atoms with E-state index in [1.54, 1.807) is 6.20 Å². The fourth-order valence-corrected chi connectivity index (χ4v) is 5.37. The van der Waals surface area contributed by atoms with Crippen LogP contribution in [0.3, 0.4) is 0 Å². The van der Waals surface area contributed by atoms with Crippen LogP contribution in [0.4, 0.5) is 10.1 Å². The number of nitrogens with zero attached hydrogens (tertiary/aromatic N) is 5. The number of allylic oxidation sites excluding steroid dienone is 3. The van der Waals surface area contributed by atoms with Crippen molar-refractivity contribution in [2.45, 2.75) is 13.5 Å². The van der Waals surface area contributed by atoms with Crippen LogP contribution >= 0.6 is 0 Å². The van der Waals surface area contributed by atoms with Gasteiger partial charge in [-0.2, -0.15) is 5.10 Å². The Bertz CT molecular complexity index is 2070. The number of anilines is 1. The minimum absolute atomic E-state index is 0.347. The summed E-state index contributed by atoms with van der Waals surface area (Å²) >= 11 is 0. The van der Waals surface area contributed by atoms with Crippen molar-refractivity contribution in [3.05, 3.63) is 120 Å². The minimum Gasteiger partial charge on any atom is -0.384 e. The van der Waals surface area contributed by atoms with E-state index in [-0.39, 0.29) is 5.82 Å². The first kappa shape index (κ1) is 31.5. The fraction of sp³-hybridized carbons (Fsp3) is 0.189. The fourth-order valence-electron chi connectivity index (χ4n) is 5.37. The number of imidazole rings is 1. The molecule has 0 amide bonds. The van der Waals surface area contributed by atoms with Gasteiger partial charge in [0.25, 0.3) is 0 Å². The summed E-state index contributed by atoms with van der Waals surface area (Å²) in [5.74, 6) is 0.195. The molecule has 2 aromatic carbocycles. The molecule has 6 rings (SSSR count). The van der Waals surface area contributed by atoms with Crippen molar-refractivity contribution in [1.82, 2.24) is 40.3 Å². The molecule has 0 aliphatic heterocycles. The molecule has 6 aromatic rings. The Balaban J connectivity index is 1.29. The third-order valence-electron chi connectivity index (χ3n) is 7.80. The molecule has 0 aliphatic rings. The second kappa shape index (κ2) is 14.3. The van der Waals surface area contributed by atoms with Gasteiger partial charge in [0.05, 0.1) is 22.4 Å². The molecule has 0 fully saturated rings. The first-order valence-corrected chi connectivity index (χ1v) is 15.6. The Morgan fingerprint density at radius 1 is 0.979 bits per heavy atom. The molecule has 0 spiro atoms. The van der Waals surface area contributed by atoms with Crippen molar-refractivity contribution in [3.63, 3.8) is 0 Å². The van der Waals surface area contributed by atoms with Gasteiger partial charge in [0, 0.05) is 43.6 Å². The molecule has 0 unspecified atom stereocenters. The number of benzene rings is 2. The molecule has 9 nitrogen and oxygen atoms in total. The van der Waals surface area contributed by atoms with Crippen LogP contribution < -0.4 is 10.6 Å². The van der Waals surface area contributed by atoms with Gasteiger partial charge in [-0.05, 0) is 80.2 Å². The summed E-state index contributed by atoms with van der Waals surface area (Å²) in [6, 6.07) is 21.0. The summed E-state index contributed by atoms with van der Waals surface area (Å²) in [7, 11) is 4.00. The van der Waals surface area contributed by atoms with E-state index in [1.165, 1.54) is 17.7 Å². The van der Waals surface area contributed by atoms with Crippen LogP contribution in [0.5, 0.6) is 0 Å². The zero-order valence-electron chi connectivity index (χ0n) is 26.8. The van der Waals surface area contributed by atoms with Crippen molar-refractivity contribution < 1.29 is 4.39 Å². The van der Waals surface area contributed by atoms with Gasteiger partial charge >= 0.3 is 0 Å². The predicted molar refractivity (Wildman–Crippen MR) is 189 cm³/mol. The highest BCUT2D eigenvalue weighted by Crippen LogP contribution is 2.32. The first-order valence-electron chi connectivity index (χ1n) is 15.6. The number of hydrogen-bond donors (Lipinski definition) is 4.